The van der Waals surface area contributed by atoms with Gasteiger partial charge in [0.1, 0.15) is 17.0 Å². The summed E-state index contributed by atoms with van der Waals surface area (Å²) in [4.78, 5) is 8.31. The summed E-state index contributed by atoms with van der Waals surface area (Å²) in [5, 5.41) is 7.35. The number of thiophene rings is 1. The lowest BCUT2D eigenvalue weighted by Gasteiger charge is -2.42. The molecule has 15 rings (SSSR count). The molecule has 0 fully saturated rings. The summed E-state index contributed by atoms with van der Waals surface area (Å²) in [6.07, 6.45) is 0. The Morgan fingerprint density at radius 1 is 0.500 bits per heavy atom. The van der Waals surface area contributed by atoms with Crippen LogP contribution in [0.3, 0.4) is 0 Å². The second kappa shape index (κ2) is 14.9. The third-order valence-corrected chi connectivity index (χ3v) is 17.5. The van der Waals surface area contributed by atoms with Gasteiger partial charge >= 0.3 is 6.85 Å². The van der Waals surface area contributed by atoms with Gasteiger partial charge in [0.25, 0.3) is 0 Å². The molecule has 2 aliphatic rings. The number of nitrogens with zero attached hydrogens (tertiary/aromatic N) is 4. The van der Waals surface area contributed by atoms with Crippen molar-refractivity contribution in [2.75, 3.05) is 4.81 Å². The minimum absolute atomic E-state index is 0.0123. The van der Waals surface area contributed by atoms with E-state index in [1.165, 1.54) is 91.8 Å². The third-order valence-electron chi connectivity index (χ3n) is 16.3. The maximum atomic E-state index is 7.40. The topological polar surface area (TPSA) is 39.1 Å². The Hall–Kier alpha value is -7.87. The van der Waals surface area contributed by atoms with Crippen LogP contribution < -0.4 is 15.7 Å². The molecule has 5 nitrogen and oxygen atoms in total. The van der Waals surface area contributed by atoms with E-state index in [2.05, 4.69) is 246 Å². The largest absolute Gasteiger partial charge is 0.455 e. The van der Waals surface area contributed by atoms with E-state index in [4.69, 9.17) is 9.40 Å². The molecular formula is C67H55BN4OS. The van der Waals surface area contributed by atoms with Crippen molar-refractivity contribution < 1.29 is 4.42 Å². The van der Waals surface area contributed by atoms with E-state index >= 15 is 0 Å². The molecule has 0 aliphatic carbocycles. The molecule has 6 heterocycles. The maximum absolute atomic E-state index is 7.40. The predicted molar refractivity (Wildman–Crippen MR) is 316 cm³/mol. The van der Waals surface area contributed by atoms with E-state index in [1.54, 1.807) is 0 Å². The first-order valence-electron chi connectivity index (χ1n) is 26.1. The first kappa shape index (κ1) is 43.7. The first-order chi connectivity index (χ1) is 35.6. The number of benzene rings is 9. The smallest absolute Gasteiger partial charge is 0.333 e. The molecule has 7 heteroatoms. The first-order valence-corrected chi connectivity index (χ1v) is 27.0. The van der Waals surface area contributed by atoms with E-state index < -0.39 is 0 Å². The van der Waals surface area contributed by atoms with E-state index in [-0.39, 0.29) is 23.1 Å². The lowest BCUT2D eigenvalue weighted by atomic mass is 9.43. The fourth-order valence-corrected chi connectivity index (χ4v) is 13.7. The van der Waals surface area contributed by atoms with E-state index in [0.717, 1.165) is 56.0 Å². The summed E-state index contributed by atoms with van der Waals surface area (Å²) in [6.45, 7) is 20.6. The average Bonchev–Trinajstić information content (AvgIpc) is 4.16. The lowest BCUT2D eigenvalue weighted by Crippen LogP contribution is -2.60. The van der Waals surface area contributed by atoms with Gasteiger partial charge in [0, 0.05) is 81.2 Å². The quantitative estimate of drug-likeness (QED) is 0.166. The SMILES string of the molecule is CC(C)(C)c1ccc(N2B3c4cc5nc(-c6ccccc6)n(-c6ccccc6)c5cc4-n4c5ccc(C(C)(C)C)cc5c5c6c(oc7ccccc76)c(c3c54)-c3cc4sc5cc(C(C)(C)C)ccc5c4cc32)cc1. The lowest BCUT2D eigenvalue weighted by molar-refractivity contribution is 0.590. The summed E-state index contributed by atoms with van der Waals surface area (Å²) in [5.74, 6) is 0.915. The molecule has 2 aliphatic heterocycles. The van der Waals surface area contributed by atoms with Crippen LogP contribution in [0.5, 0.6) is 0 Å². The zero-order chi connectivity index (χ0) is 50.3. The van der Waals surface area contributed by atoms with Crippen molar-refractivity contribution in [3.05, 3.63) is 187 Å². The van der Waals surface area contributed by atoms with Gasteiger partial charge in [-0.1, -0.05) is 159 Å². The number of hydrogen-bond acceptors (Lipinski definition) is 4. The van der Waals surface area contributed by atoms with Gasteiger partial charge in [-0.25, -0.2) is 4.98 Å². The molecule has 0 unspecified atom stereocenters. The number of para-hydroxylation sites is 2. The monoisotopic (exact) mass is 974 g/mol. The number of rotatable bonds is 3. The van der Waals surface area contributed by atoms with E-state index in [0.29, 0.717) is 0 Å². The Morgan fingerprint density at radius 3 is 1.91 bits per heavy atom. The number of fused-ring (bicyclic) bond motifs is 17. The van der Waals surface area contributed by atoms with Gasteiger partial charge < -0.3 is 13.8 Å². The molecule has 0 amide bonds. The Balaban J connectivity index is 1.16. The molecule has 4 aromatic heterocycles. The van der Waals surface area contributed by atoms with Crippen molar-refractivity contribution in [1.82, 2.24) is 14.1 Å². The molecule has 13 aromatic rings. The van der Waals surface area contributed by atoms with Crippen LogP contribution in [0.1, 0.15) is 79.0 Å². The molecule has 358 valence electrons. The van der Waals surface area contributed by atoms with Crippen molar-refractivity contribution in [3.8, 4) is 33.9 Å². The van der Waals surface area contributed by atoms with Crippen LogP contribution in [-0.2, 0) is 16.2 Å². The Labute approximate surface area is 435 Å². The van der Waals surface area contributed by atoms with Crippen LogP contribution in [0.25, 0.3) is 109 Å². The Kier molecular flexibility index (Phi) is 8.79. The predicted octanol–water partition coefficient (Wildman–Crippen LogP) is 17.2. The maximum Gasteiger partial charge on any atom is 0.333 e. The summed E-state index contributed by atoms with van der Waals surface area (Å²) in [5.41, 5.74) is 20.6. The van der Waals surface area contributed by atoms with E-state index in [1.807, 2.05) is 11.3 Å². The minimum atomic E-state index is -0.256. The van der Waals surface area contributed by atoms with Gasteiger partial charge in [0.2, 0.25) is 0 Å². The van der Waals surface area contributed by atoms with Crippen LogP contribution in [0.15, 0.2) is 174 Å². The van der Waals surface area contributed by atoms with Crippen molar-refractivity contribution in [2.24, 2.45) is 0 Å². The molecule has 0 radical (unpaired) electrons. The number of anilines is 2. The van der Waals surface area contributed by atoms with Gasteiger partial charge in [-0.15, -0.1) is 11.3 Å². The number of imidazole rings is 1. The van der Waals surface area contributed by atoms with Gasteiger partial charge in [-0.2, -0.15) is 0 Å². The minimum Gasteiger partial charge on any atom is -0.455 e. The van der Waals surface area contributed by atoms with Crippen molar-refractivity contribution in [1.29, 1.82) is 0 Å². The van der Waals surface area contributed by atoms with Crippen molar-refractivity contribution in [2.45, 2.75) is 78.6 Å². The van der Waals surface area contributed by atoms with E-state index in [9.17, 15) is 0 Å². The molecule has 74 heavy (non-hydrogen) atoms. The third kappa shape index (κ3) is 6.08. The molecule has 0 atom stereocenters. The highest BCUT2D eigenvalue weighted by Gasteiger charge is 2.47. The summed E-state index contributed by atoms with van der Waals surface area (Å²) in [6, 6.07) is 63.8. The summed E-state index contributed by atoms with van der Waals surface area (Å²) in [7, 11) is 0. The second-order valence-corrected chi connectivity index (χ2v) is 25.1. The van der Waals surface area contributed by atoms with Gasteiger partial charge in [0.15, 0.2) is 0 Å². The van der Waals surface area contributed by atoms with Crippen LogP contribution in [0, 0.1) is 0 Å². The van der Waals surface area contributed by atoms with Gasteiger partial charge in [0.05, 0.1) is 22.1 Å². The molecule has 0 N–H and O–H groups in total. The molecule has 0 saturated heterocycles. The molecule has 0 bridgehead atoms. The Bertz CT molecular complexity index is 4530. The number of hydrogen-bond donors (Lipinski definition) is 0. The Morgan fingerprint density at radius 2 is 1.16 bits per heavy atom. The van der Waals surface area contributed by atoms with Crippen LogP contribution in [0.4, 0.5) is 11.4 Å². The number of aromatic nitrogens is 3. The van der Waals surface area contributed by atoms with Crippen molar-refractivity contribution in [3.63, 3.8) is 0 Å². The highest BCUT2D eigenvalue weighted by atomic mass is 32.1. The molecule has 9 aromatic carbocycles. The standard InChI is InChI=1S/C67H55BN4OS/c1-65(2,3)39-24-28-43(29-25-39)72-52-34-46-44-30-26-41(67(7,8)9)33-56(44)74-57(46)35-48(52)60-61-62-58(59-45-22-16-17-23-55(45)73-63(59)60)47-32-40(66(4,5)6)27-31-51(47)71(62)53-37-54-50(36-49(53)68(61)72)69-64(38-18-12-10-13-19-38)70(54)42-20-14-11-15-21-42/h10-37H,1-9H3. The molecule has 0 saturated carbocycles. The average molecular weight is 975 g/mol. The fourth-order valence-electron chi connectivity index (χ4n) is 12.6. The van der Waals surface area contributed by atoms with Gasteiger partial charge in [-0.05, 0) is 117 Å². The molecule has 0 spiro atoms. The van der Waals surface area contributed by atoms with Crippen LogP contribution in [-0.4, -0.2) is 21.0 Å². The van der Waals surface area contributed by atoms with Gasteiger partial charge in [-0.3, -0.25) is 4.57 Å². The summed E-state index contributed by atoms with van der Waals surface area (Å²) < 4.78 is 15.0. The molecular weight excluding hydrogens is 920 g/mol. The van der Waals surface area contributed by atoms with Crippen molar-refractivity contribution >= 4 is 115 Å². The zero-order valence-electron chi connectivity index (χ0n) is 43.3. The van der Waals surface area contributed by atoms with Crippen LogP contribution in [0.2, 0.25) is 0 Å². The zero-order valence-corrected chi connectivity index (χ0v) is 44.2. The highest BCUT2D eigenvalue weighted by Crippen LogP contribution is 2.54. The fraction of sp³-hybridized carbons (Fsp3) is 0.179. The summed E-state index contributed by atoms with van der Waals surface area (Å²) >= 11 is 1.91. The second-order valence-electron chi connectivity index (χ2n) is 24.0. The van der Waals surface area contributed by atoms with Crippen LogP contribution >= 0.6 is 11.3 Å². The highest BCUT2D eigenvalue weighted by molar-refractivity contribution is 7.25. The normalized spacial score (nSPS) is 13.7. The number of furan rings is 1.